The molecule has 0 aromatic heterocycles. The second-order valence-corrected chi connectivity index (χ2v) is 7.96. The molecule has 1 aliphatic heterocycles. The number of hydrogen-bond donors (Lipinski definition) is 1. The van der Waals surface area contributed by atoms with Crippen LogP contribution in [-0.4, -0.2) is 71.7 Å². The fourth-order valence-corrected chi connectivity index (χ4v) is 4.63. The molecular weight excluding hydrogens is 442 g/mol. The molecule has 0 radical (unpaired) electrons. The zero-order valence-corrected chi connectivity index (χ0v) is 20.5. The van der Waals surface area contributed by atoms with Crippen molar-refractivity contribution in [1.82, 2.24) is 4.90 Å². The summed E-state index contributed by atoms with van der Waals surface area (Å²) in [5, 5.41) is 9.72. The summed E-state index contributed by atoms with van der Waals surface area (Å²) in [6.07, 6.45) is 1.39. The molecule has 2 aromatic carbocycles. The summed E-state index contributed by atoms with van der Waals surface area (Å²) in [7, 11) is 9.37. The molecule has 0 spiro atoms. The van der Waals surface area contributed by atoms with Gasteiger partial charge in [-0.3, -0.25) is 9.69 Å². The maximum Gasteiger partial charge on any atom is 0.307 e. The van der Waals surface area contributed by atoms with E-state index in [0.717, 1.165) is 17.5 Å². The van der Waals surface area contributed by atoms with E-state index in [1.807, 2.05) is 24.3 Å². The first-order valence-electron chi connectivity index (χ1n) is 11.0. The molecule has 2 atom stereocenters. The van der Waals surface area contributed by atoms with E-state index >= 15 is 0 Å². The SMILES string of the molecule is COc1cc(C(c2ccc(OC)c(OC)c2OC)N2CCCC(C(=O)O)C2)cc(OC)c1OC. The van der Waals surface area contributed by atoms with Crippen LogP contribution in [0.5, 0.6) is 34.5 Å². The minimum atomic E-state index is -0.799. The lowest BCUT2D eigenvalue weighted by atomic mass is 9.90. The average molecular weight is 476 g/mol. The Hall–Kier alpha value is -3.33. The molecule has 0 saturated carbocycles. The third-order valence-corrected chi connectivity index (χ3v) is 6.20. The Bertz CT molecular complexity index is 984. The van der Waals surface area contributed by atoms with Crippen molar-refractivity contribution >= 4 is 5.97 Å². The molecule has 0 aliphatic carbocycles. The van der Waals surface area contributed by atoms with Crippen LogP contribution in [0.2, 0.25) is 0 Å². The number of carboxylic acid groups (broad SMARTS) is 1. The van der Waals surface area contributed by atoms with Gasteiger partial charge in [-0.05, 0) is 49.2 Å². The number of nitrogens with zero attached hydrogens (tertiary/aromatic N) is 1. The van der Waals surface area contributed by atoms with Crippen LogP contribution in [-0.2, 0) is 4.79 Å². The lowest BCUT2D eigenvalue weighted by Gasteiger charge is -2.38. The fraction of sp³-hybridized carbons (Fsp3) is 0.480. The van der Waals surface area contributed by atoms with Gasteiger partial charge in [0, 0.05) is 12.1 Å². The van der Waals surface area contributed by atoms with Gasteiger partial charge in [0.05, 0.1) is 54.6 Å². The highest BCUT2D eigenvalue weighted by Crippen LogP contribution is 2.48. The number of aliphatic carboxylic acids is 1. The number of ether oxygens (including phenoxy) is 6. The quantitative estimate of drug-likeness (QED) is 0.553. The maximum atomic E-state index is 11.8. The van der Waals surface area contributed by atoms with E-state index in [1.165, 1.54) is 0 Å². The van der Waals surface area contributed by atoms with E-state index in [1.54, 1.807) is 42.7 Å². The van der Waals surface area contributed by atoms with Crippen molar-refractivity contribution < 1.29 is 38.3 Å². The van der Waals surface area contributed by atoms with Gasteiger partial charge in [0.25, 0.3) is 0 Å². The first kappa shape index (κ1) is 25.3. The van der Waals surface area contributed by atoms with Crippen molar-refractivity contribution in [3.63, 3.8) is 0 Å². The predicted molar refractivity (Wildman–Crippen MR) is 126 cm³/mol. The van der Waals surface area contributed by atoms with Gasteiger partial charge in [-0.15, -0.1) is 0 Å². The number of methoxy groups -OCH3 is 6. The Balaban J connectivity index is 2.26. The molecular formula is C25H33NO8. The van der Waals surface area contributed by atoms with E-state index in [0.29, 0.717) is 54.0 Å². The van der Waals surface area contributed by atoms with Gasteiger partial charge < -0.3 is 33.5 Å². The second-order valence-electron chi connectivity index (χ2n) is 7.96. The van der Waals surface area contributed by atoms with Crippen LogP contribution in [0.4, 0.5) is 0 Å². The van der Waals surface area contributed by atoms with Gasteiger partial charge in [0.1, 0.15) is 0 Å². The summed E-state index contributed by atoms with van der Waals surface area (Å²) < 4.78 is 33.6. The minimum Gasteiger partial charge on any atom is -0.493 e. The fourth-order valence-electron chi connectivity index (χ4n) is 4.63. The van der Waals surface area contributed by atoms with Gasteiger partial charge in [-0.1, -0.05) is 0 Å². The largest absolute Gasteiger partial charge is 0.493 e. The average Bonchev–Trinajstić information content (AvgIpc) is 2.87. The second kappa shape index (κ2) is 11.2. The van der Waals surface area contributed by atoms with Crippen molar-refractivity contribution in [1.29, 1.82) is 0 Å². The Kier molecular flexibility index (Phi) is 8.33. The summed E-state index contributed by atoms with van der Waals surface area (Å²) in [6.45, 7) is 1.09. The summed E-state index contributed by atoms with van der Waals surface area (Å²) >= 11 is 0. The van der Waals surface area contributed by atoms with Crippen LogP contribution in [0.1, 0.15) is 30.0 Å². The Morgan fingerprint density at radius 3 is 1.94 bits per heavy atom. The molecule has 34 heavy (non-hydrogen) atoms. The molecule has 1 N–H and O–H groups in total. The lowest BCUT2D eigenvalue weighted by Crippen LogP contribution is -2.41. The standard InChI is InChI=1S/C25H33NO8/c1-29-18-10-9-17(22(32-4)24(18)34-6)21(26-11-7-8-15(14-26)25(27)28)16-12-19(30-2)23(33-5)20(13-16)31-3/h9-10,12-13,15,21H,7-8,11,14H2,1-6H3,(H,27,28). The Morgan fingerprint density at radius 1 is 0.853 bits per heavy atom. The molecule has 1 aliphatic rings. The highest BCUT2D eigenvalue weighted by Gasteiger charge is 2.35. The third-order valence-electron chi connectivity index (χ3n) is 6.20. The van der Waals surface area contributed by atoms with Crippen LogP contribution < -0.4 is 28.4 Å². The first-order chi connectivity index (χ1) is 16.4. The van der Waals surface area contributed by atoms with E-state index in [2.05, 4.69) is 4.90 Å². The number of benzene rings is 2. The summed E-state index contributed by atoms with van der Waals surface area (Å²) in [5.41, 5.74) is 1.64. The molecule has 9 heteroatoms. The highest BCUT2D eigenvalue weighted by atomic mass is 16.5. The maximum absolute atomic E-state index is 11.8. The van der Waals surface area contributed by atoms with E-state index in [4.69, 9.17) is 28.4 Å². The van der Waals surface area contributed by atoms with Gasteiger partial charge in [-0.25, -0.2) is 0 Å². The van der Waals surface area contributed by atoms with Crippen molar-refractivity contribution in [2.24, 2.45) is 5.92 Å². The van der Waals surface area contributed by atoms with Crippen molar-refractivity contribution in [3.05, 3.63) is 35.4 Å². The highest BCUT2D eigenvalue weighted by molar-refractivity contribution is 5.70. The molecule has 3 rings (SSSR count). The monoisotopic (exact) mass is 475 g/mol. The molecule has 0 bridgehead atoms. The summed E-state index contributed by atoms with van der Waals surface area (Å²) in [5.74, 6) is 1.74. The van der Waals surface area contributed by atoms with Gasteiger partial charge in [0.2, 0.25) is 11.5 Å². The molecule has 1 saturated heterocycles. The Morgan fingerprint density at radius 2 is 1.44 bits per heavy atom. The van der Waals surface area contributed by atoms with E-state index in [-0.39, 0.29) is 6.04 Å². The van der Waals surface area contributed by atoms with Crippen LogP contribution in [0.3, 0.4) is 0 Å². The molecule has 9 nitrogen and oxygen atoms in total. The molecule has 1 fully saturated rings. The first-order valence-corrected chi connectivity index (χ1v) is 11.0. The molecule has 2 aromatic rings. The predicted octanol–water partition coefficient (Wildman–Crippen LogP) is 3.62. The third kappa shape index (κ3) is 4.79. The van der Waals surface area contributed by atoms with E-state index < -0.39 is 11.9 Å². The van der Waals surface area contributed by atoms with E-state index in [9.17, 15) is 9.90 Å². The number of likely N-dealkylation sites (tertiary alicyclic amines) is 1. The van der Waals surface area contributed by atoms with Gasteiger partial charge in [-0.2, -0.15) is 0 Å². The van der Waals surface area contributed by atoms with Crippen molar-refractivity contribution in [2.75, 3.05) is 55.7 Å². The van der Waals surface area contributed by atoms with Gasteiger partial charge in [0.15, 0.2) is 23.0 Å². The molecule has 186 valence electrons. The zero-order chi connectivity index (χ0) is 24.8. The van der Waals surface area contributed by atoms with Crippen LogP contribution in [0.15, 0.2) is 24.3 Å². The number of carbonyl (C=O) groups is 1. The molecule has 2 unspecified atom stereocenters. The summed E-state index contributed by atoms with van der Waals surface area (Å²) in [6, 6.07) is 7.13. The molecule has 0 amide bonds. The van der Waals surface area contributed by atoms with Crippen LogP contribution in [0.25, 0.3) is 0 Å². The summed E-state index contributed by atoms with van der Waals surface area (Å²) in [4.78, 5) is 14.0. The van der Waals surface area contributed by atoms with Crippen LogP contribution >= 0.6 is 0 Å². The molecule has 1 heterocycles. The lowest BCUT2D eigenvalue weighted by molar-refractivity contribution is -0.143. The number of hydrogen-bond acceptors (Lipinski definition) is 8. The zero-order valence-electron chi connectivity index (χ0n) is 20.5. The van der Waals surface area contributed by atoms with Crippen molar-refractivity contribution in [3.8, 4) is 34.5 Å². The normalized spacial score (nSPS) is 16.9. The number of carboxylic acids is 1. The number of rotatable bonds is 10. The smallest absolute Gasteiger partial charge is 0.307 e. The number of piperidine rings is 1. The topological polar surface area (TPSA) is 95.9 Å². The minimum absolute atomic E-state index is 0.370. The van der Waals surface area contributed by atoms with Crippen LogP contribution in [0, 0.1) is 5.92 Å². The van der Waals surface area contributed by atoms with Crippen molar-refractivity contribution in [2.45, 2.75) is 18.9 Å². The Labute approximate surface area is 200 Å². The van der Waals surface area contributed by atoms with Gasteiger partial charge >= 0.3 is 5.97 Å².